The lowest BCUT2D eigenvalue weighted by atomic mass is 10.0. The van der Waals surface area contributed by atoms with E-state index < -0.39 is 0 Å². The van der Waals surface area contributed by atoms with E-state index in [9.17, 15) is 4.79 Å². The number of amides is 1. The Morgan fingerprint density at radius 3 is 3.00 bits per heavy atom. The van der Waals surface area contributed by atoms with Crippen molar-refractivity contribution in [1.82, 2.24) is 15.5 Å². The largest absolute Gasteiger partial charge is 0.361 e. The molecular weight excluding hydrogens is 304 g/mol. The van der Waals surface area contributed by atoms with Crippen molar-refractivity contribution in [3.63, 3.8) is 0 Å². The molecule has 0 bridgehead atoms. The summed E-state index contributed by atoms with van der Waals surface area (Å²) in [4.78, 5) is 19.5. The number of carbonyl (C=O) groups excluding carboxylic acids is 1. The predicted octanol–water partition coefficient (Wildman–Crippen LogP) is 2.65. The smallest absolute Gasteiger partial charge is 0.257 e. The number of pyridine rings is 1. The van der Waals surface area contributed by atoms with Crippen LogP contribution < -0.4 is 10.2 Å². The van der Waals surface area contributed by atoms with Gasteiger partial charge in [0.05, 0.1) is 5.69 Å². The Labute approximate surface area is 142 Å². The lowest BCUT2D eigenvalue weighted by molar-refractivity contribution is 0.0931. The van der Waals surface area contributed by atoms with Crippen molar-refractivity contribution in [2.45, 2.75) is 46.1 Å². The second kappa shape index (κ2) is 7.03. The van der Waals surface area contributed by atoms with Crippen LogP contribution >= 0.6 is 0 Å². The van der Waals surface area contributed by atoms with Gasteiger partial charge in [0.15, 0.2) is 0 Å². The number of nitrogens with zero attached hydrogens (tertiary/aromatic N) is 3. The first-order chi connectivity index (χ1) is 11.6. The minimum atomic E-state index is -0.0883. The van der Waals surface area contributed by atoms with E-state index in [-0.39, 0.29) is 11.9 Å². The van der Waals surface area contributed by atoms with Crippen molar-refractivity contribution in [3.8, 4) is 0 Å². The number of aromatic nitrogens is 2. The number of hydrogen-bond donors (Lipinski definition) is 1. The first-order valence-electron chi connectivity index (χ1n) is 8.53. The van der Waals surface area contributed by atoms with Crippen LogP contribution in [-0.2, 0) is 6.42 Å². The maximum atomic E-state index is 12.6. The van der Waals surface area contributed by atoms with Gasteiger partial charge in [-0.25, -0.2) is 4.98 Å². The summed E-state index contributed by atoms with van der Waals surface area (Å²) in [5, 5.41) is 7.11. The first-order valence-corrected chi connectivity index (χ1v) is 8.53. The summed E-state index contributed by atoms with van der Waals surface area (Å²) in [5.41, 5.74) is 2.31. The minimum Gasteiger partial charge on any atom is -0.361 e. The van der Waals surface area contributed by atoms with E-state index in [1.807, 2.05) is 32.0 Å². The number of carbonyl (C=O) groups is 1. The third-order valence-corrected chi connectivity index (χ3v) is 4.45. The van der Waals surface area contributed by atoms with Crippen molar-refractivity contribution >= 4 is 11.7 Å². The molecule has 6 heteroatoms. The van der Waals surface area contributed by atoms with Crippen molar-refractivity contribution in [3.05, 3.63) is 40.9 Å². The molecule has 0 unspecified atom stereocenters. The highest BCUT2D eigenvalue weighted by atomic mass is 16.5. The molecule has 1 aliphatic heterocycles. The second-order valence-corrected chi connectivity index (χ2v) is 6.31. The molecular formula is C18H24N4O2. The number of aryl methyl sites for hydroxylation is 3. The second-order valence-electron chi connectivity index (χ2n) is 6.31. The van der Waals surface area contributed by atoms with Gasteiger partial charge in [-0.1, -0.05) is 18.1 Å². The topological polar surface area (TPSA) is 71.3 Å². The minimum absolute atomic E-state index is 0.0883. The summed E-state index contributed by atoms with van der Waals surface area (Å²) in [5.74, 6) is 1.47. The molecule has 24 heavy (non-hydrogen) atoms. The van der Waals surface area contributed by atoms with Crippen molar-refractivity contribution in [1.29, 1.82) is 0 Å². The molecule has 1 amide bonds. The van der Waals surface area contributed by atoms with Crippen LogP contribution in [0.1, 0.15) is 47.3 Å². The lowest BCUT2D eigenvalue weighted by Gasteiger charge is -2.34. The Hall–Kier alpha value is -2.37. The summed E-state index contributed by atoms with van der Waals surface area (Å²) in [6, 6.07) is 6.14. The molecule has 6 nitrogen and oxygen atoms in total. The molecule has 0 saturated carbocycles. The van der Waals surface area contributed by atoms with Crippen LogP contribution in [0.4, 0.5) is 5.82 Å². The normalized spacial score (nSPS) is 17.8. The molecule has 1 atom stereocenters. The zero-order valence-corrected chi connectivity index (χ0v) is 14.5. The van der Waals surface area contributed by atoms with Gasteiger partial charge in [0, 0.05) is 24.8 Å². The molecule has 0 aliphatic carbocycles. The van der Waals surface area contributed by atoms with Crippen LogP contribution in [0.5, 0.6) is 0 Å². The number of rotatable bonds is 4. The Morgan fingerprint density at radius 2 is 2.25 bits per heavy atom. The van der Waals surface area contributed by atoms with E-state index in [4.69, 9.17) is 4.52 Å². The SMILES string of the molecule is CCc1noc(C)c1C(=O)N[C@H]1CCCN(c2cccc(C)n2)C1. The van der Waals surface area contributed by atoms with Crippen molar-refractivity contribution in [2.24, 2.45) is 0 Å². The maximum Gasteiger partial charge on any atom is 0.257 e. The van der Waals surface area contributed by atoms with Crippen LogP contribution in [-0.4, -0.2) is 35.2 Å². The van der Waals surface area contributed by atoms with Gasteiger partial charge in [-0.15, -0.1) is 0 Å². The van der Waals surface area contributed by atoms with Gasteiger partial charge < -0.3 is 14.7 Å². The summed E-state index contributed by atoms with van der Waals surface area (Å²) in [7, 11) is 0. The van der Waals surface area contributed by atoms with Gasteiger partial charge in [0.1, 0.15) is 17.1 Å². The third kappa shape index (κ3) is 3.42. The molecule has 1 saturated heterocycles. The number of nitrogens with one attached hydrogen (secondary N) is 1. The predicted molar refractivity (Wildman–Crippen MR) is 92.3 cm³/mol. The molecule has 1 N–H and O–H groups in total. The molecule has 128 valence electrons. The molecule has 1 aliphatic rings. The molecule has 0 radical (unpaired) electrons. The Kier molecular flexibility index (Phi) is 4.83. The van der Waals surface area contributed by atoms with E-state index in [1.54, 1.807) is 6.92 Å². The summed E-state index contributed by atoms with van der Waals surface area (Å²) < 4.78 is 5.17. The van der Waals surface area contributed by atoms with E-state index in [2.05, 4.69) is 20.4 Å². The third-order valence-electron chi connectivity index (χ3n) is 4.45. The highest BCUT2D eigenvalue weighted by molar-refractivity contribution is 5.96. The zero-order chi connectivity index (χ0) is 17.1. The highest BCUT2D eigenvalue weighted by Crippen LogP contribution is 2.19. The fourth-order valence-corrected chi connectivity index (χ4v) is 3.22. The van der Waals surface area contributed by atoms with Gasteiger partial charge in [0.2, 0.25) is 0 Å². The average Bonchev–Trinajstić information content (AvgIpc) is 2.96. The molecule has 2 aromatic rings. The van der Waals surface area contributed by atoms with Crippen LogP contribution in [0.2, 0.25) is 0 Å². The number of piperidine rings is 1. The van der Waals surface area contributed by atoms with Gasteiger partial charge in [0.25, 0.3) is 5.91 Å². The number of hydrogen-bond acceptors (Lipinski definition) is 5. The van der Waals surface area contributed by atoms with E-state index in [0.717, 1.165) is 43.1 Å². The van der Waals surface area contributed by atoms with Crippen molar-refractivity contribution < 1.29 is 9.32 Å². The number of anilines is 1. The summed E-state index contributed by atoms with van der Waals surface area (Å²) in [6.07, 6.45) is 2.69. The fraction of sp³-hybridized carbons (Fsp3) is 0.500. The Bertz CT molecular complexity index is 726. The Morgan fingerprint density at radius 1 is 1.42 bits per heavy atom. The lowest BCUT2D eigenvalue weighted by Crippen LogP contribution is -2.48. The van der Waals surface area contributed by atoms with Gasteiger partial charge in [-0.05, 0) is 45.2 Å². The van der Waals surface area contributed by atoms with Crippen LogP contribution in [0.3, 0.4) is 0 Å². The molecule has 3 heterocycles. The van der Waals surface area contributed by atoms with Gasteiger partial charge >= 0.3 is 0 Å². The molecule has 0 spiro atoms. The van der Waals surface area contributed by atoms with Crippen LogP contribution in [0.15, 0.2) is 22.7 Å². The molecule has 1 fully saturated rings. The summed E-state index contributed by atoms with van der Waals surface area (Å²) >= 11 is 0. The van der Waals surface area contributed by atoms with Gasteiger partial charge in [-0.3, -0.25) is 4.79 Å². The van der Waals surface area contributed by atoms with E-state index in [0.29, 0.717) is 17.7 Å². The Balaban J connectivity index is 1.69. The molecule has 3 rings (SSSR count). The van der Waals surface area contributed by atoms with Crippen LogP contribution in [0, 0.1) is 13.8 Å². The first kappa shape index (κ1) is 16.5. The average molecular weight is 328 g/mol. The fourth-order valence-electron chi connectivity index (χ4n) is 3.22. The monoisotopic (exact) mass is 328 g/mol. The highest BCUT2D eigenvalue weighted by Gasteiger charge is 2.25. The van der Waals surface area contributed by atoms with E-state index >= 15 is 0 Å². The molecule has 0 aromatic carbocycles. The zero-order valence-electron chi connectivity index (χ0n) is 14.5. The van der Waals surface area contributed by atoms with Crippen molar-refractivity contribution in [2.75, 3.05) is 18.0 Å². The maximum absolute atomic E-state index is 12.6. The van der Waals surface area contributed by atoms with E-state index in [1.165, 1.54) is 0 Å². The quantitative estimate of drug-likeness (QED) is 0.934. The van der Waals surface area contributed by atoms with Gasteiger partial charge in [-0.2, -0.15) is 0 Å². The standard InChI is InChI=1S/C18H24N4O2/c1-4-15-17(13(3)24-21-15)18(23)20-14-8-6-10-22(11-14)16-9-5-7-12(2)19-16/h5,7,9,14H,4,6,8,10-11H2,1-3H3,(H,20,23)/t14-/m0/s1. The van der Waals surface area contributed by atoms with Crippen LogP contribution in [0.25, 0.3) is 0 Å². The summed E-state index contributed by atoms with van der Waals surface area (Å²) in [6.45, 7) is 7.49. The molecule has 2 aromatic heterocycles.